The van der Waals surface area contributed by atoms with Crippen LogP contribution in [-0.4, -0.2) is 31.4 Å². The summed E-state index contributed by atoms with van der Waals surface area (Å²) < 4.78 is 22.6. The van der Waals surface area contributed by atoms with Crippen LogP contribution in [0.25, 0.3) is 0 Å². The van der Waals surface area contributed by atoms with Gasteiger partial charge in [0.2, 0.25) is 0 Å². The number of nitro groups is 1. The minimum atomic E-state index is -3.03. The standard InChI is InChI=1S/C11H16N2O4S/c1-3-18(16,17)8-7-12-10-5-4-6-11(9(10)2)13(14)15/h4-6,12H,3,7-8H2,1-2H3. The van der Waals surface area contributed by atoms with E-state index < -0.39 is 14.8 Å². The second-order valence-electron chi connectivity index (χ2n) is 3.87. The van der Waals surface area contributed by atoms with Gasteiger partial charge in [-0.1, -0.05) is 13.0 Å². The number of nitro benzene ring substituents is 1. The zero-order valence-corrected chi connectivity index (χ0v) is 11.2. The van der Waals surface area contributed by atoms with Crippen molar-refractivity contribution in [3.05, 3.63) is 33.9 Å². The van der Waals surface area contributed by atoms with Crippen molar-refractivity contribution in [2.45, 2.75) is 13.8 Å². The van der Waals surface area contributed by atoms with E-state index in [1.807, 2.05) is 0 Å². The van der Waals surface area contributed by atoms with Crippen molar-refractivity contribution >= 4 is 21.2 Å². The maximum absolute atomic E-state index is 11.3. The van der Waals surface area contributed by atoms with E-state index in [-0.39, 0.29) is 23.7 Å². The van der Waals surface area contributed by atoms with E-state index >= 15 is 0 Å². The van der Waals surface area contributed by atoms with Crippen molar-refractivity contribution in [2.75, 3.05) is 23.4 Å². The summed E-state index contributed by atoms with van der Waals surface area (Å²) in [5, 5.41) is 13.7. The van der Waals surface area contributed by atoms with Crippen molar-refractivity contribution in [3.8, 4) is 0 Å². The van der Waals surface area contributed by atoms with E-state index in [2.05, 4.69) is 5.32 Å². The number of nitrogens with zero attached hydrogens (tertiary/aromatic N) is 1. The van der Waals surface area contributed by atoms with E-state index in [9.17, 15) is 18.5 Å². The Labute approximate surface area is 106 Å². The highest BCUT2D eigenvalue weighted by Gasteiger charge is 2.13. The molecule has 0 aliphatic carbocycles. The molecule has 7 heteroatoms. The van der Waals surface area contributed by atoms with Gasteiger partial charge in [-0.25, -0.2) is 8.42 Å². The Morgan fingerprint density at radius 1 is 1.39 bits per heavy atom. The second-order valence-corrected chi connectivity index (χ2v) is 6.34. The van der Waals surface area contributed by atoms with Crippen molar-refractivity contribution in [3.63, 3.8) is 0 Å². The fourth-order valence-corrected chi connectivity index (χ4v) is 2.20. The Bertz CT molecular complexity index is 540. The quantitative estimate of drug-likeness (QED) is 0.629. The Balaban J connectivity index is 2.75. The number of hydrogen-bond donors (Lipinski definition) is 1. The minimum absolute atomic E-state index is 0.0195. The third-order valence-electron chi connectivity index (χ3n) is 2.67. The fraction of sp³-hybridized carbons (Fsp3) is 0.455. The van der Waals surface area contributed by atoms with Gasteiger partial charge in [-0.05, 0) is 13.0 Å². The molecule has 1 aromatic rings. The van der Waals surface area contributed by atoms with E-state index in [4.69, 9.17) is 0 Å². The molecule has 0 amide bonds. The molecule has 1 N–H and O–H groups in total. The number of sulfone groups is 1. The SMILES string of the molecule is CCS(=O)(=O)CCNc1cccc([N+](=O)[O-])c1C. The summed E-state index contributed by atoms with van der Waals surface area (Å²) in [4.78, 5) is 10.3. The number of nitrogens with one attached hydrogen (secondary N) is 1. The summed E-state index contributed by atoms with van der Waals surface area (Å²) in [5.41, 5.74) is 1.13. The molecular weight excluding hydrogens is 256 g/mol. The van der Waals surface area contributed by atoms with Gasteiger partial charge in [0.05, 0.1) is 10.7 Å². The molecule has 0 saturated heterocycles. The second kappa shape index (κ2) is 5.81. The molecule has 0 radical (unpaired) electrons. The van der Waals surface area contributed by atoms with E-state index in [1.54, 1.807) is 26.0 Å². The zero-order chi connectivity index (χ0) is 13.8. The van der Waals surface area contributed by atoms with Crippen LogP contribution < -0.4 is 5.32 Å². The normalized spacial score (nSPS) is 11.2. The first-order chi connectivity index (χ1) is 8.37. The lowest BCUT2D eigenvalue weighted by Gasteiger charge is -2.09. The summed E-state index contributed by atoms with van der Waals surface area (Å²) >= 11 is 0. The summed E-state index contributed by atoms with van der Waals surface area (Å²) in [6.07, 6.45) is 0. The molecular formula is C11H16N2O4S. The number of rotatable bonds is 6. The predicted molar refractivity (Wildman–Crippen MR) is 70.7 cm³/mol. The average Bonchev–Trinajstić information content (AvgIpc) is 2.31. The minimum Gasteiger partial charge on any atom is -0.384 e. The van der Waals surface area contributed by atoms with Gasteiger partial charge in [-0.2, -0.15) is 0 Å². The van der Waals surface area contributed by atoms with E-state index in [0.717, 1.165) is 0 Å². The molecule has 0 aromatic heterocycles. The predicted octanol–water partition coefficient (Wildman–Crippen LogP) is 1.75. The molecule has 0 saturated carbocycles. The molecule has 0 heterocycles. The third-order valence-corrected chi connectivity index (χ3v) is 4.38. The van der Waals surface area contributed by atoms with Crippen LogP contribution in [0, 0.1) is 17.0 Å². The number of anilines is 1. The topological polar surface area (TPSA) is 89.3 Å². The van der Waals surface area contributed by atoms with Gasteiger partial charge in [0.25, 0.3) is 5.69 Å². The highest BCUT2D eigenvalue weighted by Crippen LogP contribution is 2.24. The Hall–Kier alpha value is -1.63. The van der Waals surface area contributed by atoms with Crippen LogP contribution in [0.5, 0.6) is 0 Å². The Morgan fingerprint density at radius 3 is 2.61 bits per heavy atom. The van der Waals surface area contributed by atoms with Crippen LogP contribution in [0.3, 0.4) is 0 Å². The largest absolute Gasteiger partial charge is 0.384 e. The molecule has 1 rings (SSSR count). The van der Waals surface area contributed by atoms with Gasteiger partial charge in [0.15, 0.2) is 9.84 Å². The monoisotopic (exact) mass is 272 g/mol. The van der Waals surface area contributed by atoms with E-state index in [1.165, 1.54) is 6.07 Å². The van der Waals surface area contributed by atoms with E-state index in [0.29, 0.717) is 11.3 Å². The summed E-state index contributed by atoms with van der Waals surface area (Å²) in [5.74, 6) is 0.119. The van der Waals surface area contributed by atoms with Crippen LogP contribution in [-0.2, 0) is 9.84 Å². The molecule has 6 nitrogen and oxygen atoms in total. The van der Waals surface area contributed by atoms with Gasteiger partial charge < -0.3 is 5.32 Å². The molecule has 0 atom stereocenters. The summed E-state index contributed by atoms with van der Waals surface area (Å²) in [6, 6.07) is 4.69. The van der Waals surface area contributed by atoms with Crippen molar-refractivity contribution in [2.24, 2.45) is 0 Å². The van der Waals surface area contributed by atoms with Crippen LogP contribution in [0.4, 0.5) is 11.4 Å². The van der Waals surface area contributed by atoms with Crippen molar-refractivity contribution in [1.82, 2.24) is 0 Å². The molecule has 18 heavy (non-hydrogen) atoms. The molecule has 100 valence electrons. The maximum Gasteiger partial charge on any atom is 0.274 e. The van der Waals surface area contributed by atoms with Gasteiger partial charge >= 0.3 is 0 Å². The first-order valence-electron chi connectivity index (χ1n) is 5.55. The summed E-state index contributed by atoms with van der Waals surface area (Å²) in [7, 11) is -3.03. The van der Waals surface area contributed by atoms with Crippen LogP contribution in [0.15, 0.2) is 18.2 Å². The first-order valence-corrected chi connectivity index (χ1v) is 7.38. The molecule has 0 unspecified atom stereocenters. The summed E-state index contributed by atoms with van der Waals surface area (Å²) in [6.45, 7) is 3.47. The van der Waals surface area contributed by atoms with Crippen LogP contribution >= 0.6 is 0 Å². The molecule has 0 aliphatic rings. The molecule has 0 aliphatic heterocycles. The highest BCUT2D eigenvalue weighted by molar-refractivity contribution is 7.91. The fourth-order valence-electron chi connectivity index (χ4n) is 1.50. The molecule has 0 spiro atoms. The smallest absolute Gasteiger partial charge is 0.274 e. The van der Waals surface area contributed by atoms with Crippen LogP contribution in [0.1, 0.15) is 12.5 Å². The van der Waals surface area contributed by atoms with Gasteiger partial charge in [0, 0.05) is 29.6 Å². The van der Waals surface area contributed by atoms with Crippen molar-refractivity contribution < 1.29 is 13.3 Å². The number of benzene rings is 1. The van der Waals surface area contributed by atoms with Gasteiger partial charge in [-0.15, -0.1) is 0 Å². The lowest BCUT2D eigenvalue weighted by Crippen LogP contribution is -2.17. The highest BCUT2D eigenvalue weighted by atomic mass is 32.2. The molecule has 0 bridgehead atoms. The first kappa shape index (κ1) is 14.4. The zero-order valence-electron chi connectivity index (χ0n) is 10.3. The molecule has 0 fully saturated rings. The molecule has 1 aromatic carbocycles. The maximum atomic E-state index is 11.3. The van der Waals surface area contributed by atoms with Crippen LogP contribution in [0.2, 0.25) is 0 Å². The number of hydrogen-bond acceptors (Lipinski definition) is 5. The third kappa shape index (κ3) is 3.69. The van der Waals surface area contributed by atoms with Gasteiger partial charge in [-0.3, -0.25) is 10.1 Å². The lowest BCUT2D eigenvalue weighted by atomic mass is 10.1. The Kier molecular flexibility index (Phi) is 4.66. The lowest BCUT2D eigenvalue weighted by molar-refractivity contribution is -0.385. The Morgan fingerprint density at radius 2 is 2.06 bits per heavy atom. The van der Waals surface area contributed by atoms with Gasteiger partial charge in [0.1, 0.15) is 0 Å². The average molecular weight is 272 g/mol. The van der Waals surface area contributed by atoms with Crippen molar-refractivity contribution in [1.29, 1.82) is 0 Å².